The SMILES string of the molecule is CC1(C)CN(C2CCN(C(=O)Nc3nccs3)CC2)C1=O. The summed E-state index contributed by atoms with van der Waals surface area (Å²) in [7, 11) is 0. The maximum Gasteiger partial charge on any atom is 0.323 e. The number of likely N-dealkylation sites (tertiary alicyclic amines) is 2. The number of piperidine rings is 1. The number of urea groups is 1. The number of anilines is 1. The van der Waals surface area contributed by atoms with E-state index in [0.29, 0.717) is 18.2 Å². The maximum atomic E-state index is 12.1. The summed E-state index contributed by atoms with van der Waals surface area (Å²) in [6.07, 6.45) is 3.38. The quantitative estimate of drug-likeness (QED) is 0.850. The van der Waals surface area contributed by atoms with Gasteiger partial charge in [-0.2, -0.15) is 0 Å². The fraction of sp³-hybridized carbons (Fsp3) is 0.643. The van der Waals surface area contributed by atoms with E-state index in [4.69, 9.17) is 0 Å². The van der Waals surface area contributed by atoms with Gasteiger partial charge in [-0.05, 0) is 26.7 Å². The molecule has 0 unspecified atom stereocenters. The number of amides is 3. The lowest BCUT2D eigenvalue weighted by Crippen LogP contribution is -2.63. The molecule has 2 saturated heterocycles. The molecule has 114 valence electrons. The van der Waals surface area contributed by atoms with Crippen LogP contribution in [0.2, 0.25) is 0 Å². The molecule has 6 nitrogen and oxygen atoms in total. The Morgan fingerprint density at radius 3 is 2.67 bits per heavy atom. The van der Waals surface area contributed by atoms with Crippen LogP contribution in [-0.4, -0.2) is 52.4 Å². The molecule has 2 fully saturated rings. The highest BCUT2D eigenvalue weighted by Gasteiger charge is 2.47. The first-order valence-corrected chi connectivity index (χ1v) is 8.12. The molecule has 0 aliphatic carbocycles. The number of thiazole rings is 1. The molecular weight excluding hydrogens is 288 g/mol. The van der Waals surface area contributed by atoms with Crippen LogP contribution in [-0.2, 0) is 4.79 Å². The molecule has 21 heavy (non-hydrogen) atoms. The average Bonchev–Trinajstić information content (AvgIpc) is 2.97. The van der Waals surface area contributed by atoms with Crippen molar-refractivity contribution in [3.63, 3.8) is 0 Å². The number of hydrogen-bond donors (Lipinski definition) is 1. The van der Waals surface area contributed by atoms with Crippen LogP contribution in [0.3, 0.4) is 0 Å². The van der Waals surface area contributed by atoms with E-state index in [1.165, 1.54) is 11.3 Å². The summed E-state index contributed by atoms with van der Waals surface area (Å²) in [6, 6.07) is 0.188. The second-order valence-corrected chi connectivity index (χ2v) is 7.20. The predicted octanol–water partition coefficient (Wildman–Crippen LogP) is 2.01. The van der Waals surface area contributed by atoms with E-state index >= 15 is 0 Å². The molecule has 1 N–H and O–H groups in total. The van der Waals surface area contributed by atoms with Crippen molar-refractivity contribution in [3.8, 4) is 0 Å². The monoisotopic (exact) mass is 308 g/mol. The van der Waals surface area contributed by atoms with Gasteiger partial charge in [0.2, 0.25) is 5.91 Å². The van der Waals surface area contributed by atoms with E-state index in [-0.39, 0.29) is 23.4 Å². The molecule has 2 aliphatic heterocycles. The van der Waals surface area contributed by atoms with Crippen molar-refractivity contribution < 1.29 is 9.59 Å². The minimum Gasteiger partial charge on any atom is -0.338 e. The summed E-state index contributed by atoms with van der Waals surface area (Å²) < 4.78 is 0. The van der Waals surface area contributed by atoms with E-state index < -0.39 is 0 Å². The second kappa shape index (κ2) is 5.29. The number of aromatic nitrogens is 1. The molecule has 3 amide bonds. The van der Waals surface area contributed by atoms with Crippen molar-refractivity contribution in [1.82, 2.24) is 14.8 Å². The standard InChI is InChI=1S/C14H20N4O2S/c1-14(2)9-18(11(14)19)10-3-6-17(7-4-10)13(20)16-12-15-5-8-21-12/h5,8,10H,3-4,6-7,9H2,1-2H3,(H,15,16,20). The topological polar surface area (TPSA) is 65.5 Å². The average molecular weight is 308 g/mol. The maximum absolute atomic E-state index is 12.1. The van der Waals surface area contributed by atoms with Crippen molar-refractivity contribution in [2.75, 3.05) is 25.0 Å². The first kappa shape index (κ1) is 14.3. The van der Waals surface area contributed by atoms with Crippen molar-refractivity contribution in [2.45, 2.75) is 32.7 Å². The number of nitrogens with one attached hydrogen (secondary N) is 1. The van der Waals surface area contributed by atoms with Gasteiger partial charge in [0.1, 0.15) is 0 Å². The van der Waals surface area contributed by atoms with Crippen LogP contribution in [0.5, 0.6) is 0 Å². The predicted molar refractivity (Wildman–Crippen MR) is 81.2 cm³/mol. The summed E-state index contributed by atoms with van der Waals surface area (Å²) >= 11 is 1.41. The van der Waals surface area contributed by atoms with Gasteiger partial charge in [0.15, 0.2) is 5.13 Å². The van der Waals surface area contributed by atoms with Gasteiger partial charge in [-0.25, -0.2) is 9.78 Å². The normalized spacial score (nSPS) is 22.1. The Bertz CT molecular complexity index is 535. The molecule has 0 bridgehead atoms. The number of nitrogens with zero attached hydrogens (tertiary/aromatic N) is 3. The van der Waals surface area contributed by atoms with Crippen LogP contribution in [0.4, 0.5) is 9.93 Å². The third-order valence-electron chi connectivity index (χ3n) is 4.24. The Morgan fingerprint density at radius 2 is 2.14 bits per heavy atom. The highest BCUT2D eigenvalue weighted by atomic mass is 32.1. The number of carbonyl (C=O) groups is 2. The molecule has 1 aromatic rings. The summed E-state index contributed by atoms with van der Waals surface area (Å²) in [5.74, 6) is 0.244. The first-order valence-electron chi connectivity index (χ1n) is 7.24. The third-order valence-corrected chi connectivity index (χ3v) is 4.93. The smallest absolute Gasteiger partial charge is 0.323 e. The van der Waals surface area contributed by atoms with Gasteiger partial charge in [0, 0.05) is 37.3 Å². The highest BCUT2D eigenvalue weighted by Crippen LogP contribution is 2.35. The molecule has 2 aliphatic rings. The first-order chi connectivity index (χ1) is 9.97. The van der Waals surface area contributed by atoms with Gasteiger partial charge in [0.25, 0.3) is 0 Å². The zero-order valence-corrected chi connectivity index (χ0v) is 13.2. The van der Waals surface area contributed by atoms with Crippen molar-refractivity contribution in [2.24, 2.45) is 5.41 Å². The minimum atomic E-state index is -0.195. The lowest BCUT2D eigenvalue weighted by atomic mass is 9.80. The zero-order valence-electron chi connectivity index (χ0n) is 12.3. The van der Waals surface area contributed by atoms with Crippen LogP contribution in [0.25, 0.3) is 0 Å². The lowest BCUT2D eigenvalue weighted by Gasteiger charge is -2.50. The van der Waals surface area contributed by atoms with Gasteiger partial charge in [-0.1, -0.05) is 0 Å². The van der Waals surface area contributed by atoms with E-state index in [1.807, 2.05) is 24.1 Å². The van der Waals surface area contributed by atoms with Crippen LogP contribution in [0.15, 0.2) is 11.6 Å². The van der Waals surface area contributed by atoms with Crippen molar-refractivity contribution in [3.05, 3.63) is 11.6 Å². The molecule has 0 saturated carbocycles. The number of β-lactam (4-membered cyclic amide) rings is 1. The summed E-state index contributed by atoms with van der Waals surface area (Å²) in [5, 5.41) is 5.26. The van der Waals surface area contributed by atoms with Crippen LogP contribution in [0.1, 0.15) is 26.7 Å². The van der Waals surface area contributed by atoms with E-state index in [1.54, 1.807) is 11.1 Å². The molecule has 0 radical (unpaired) electrons. The molecule has 0 atom stereocenters. The molecule has 3 rings (SSSR count). The molecule has 0 spiro atoms. The summed E-state index contributed by atoms with van der Waals surface area (Å²) in [4.78, 5) is 31.9. The molecule has 0 aromatic carbocycles. The number of rotatable bonds is 2. The highest BCUT2D eigenvalue weighted by molar-refractivity contribution is 7.13. The molecule has 3 heterocycles. The Hall–Kier alpha value is -1.63. The van der Waals surface area contributed by atoms with Gasteiger partial charge < -0.3 is 9.80 Å². The largest absolute Gasteiger partial charge is 0.338 e. The van der Waals surface area contributed by atoms with Gasteiger partial charge >= 0.3 is 6.03 Å². The Kier molecular flexibility index (Phi) is 3.61. The number of carbonyl (C=O) groups excluding carboxylic acids is 2. The van der Waals surface area contributed by atoms with E-state index in [2.05, 4.69) is 10.3 Å². The van der Waals surface area contributed by atoms with E-state index in [0.717, 1.165) is 19.4 Å². The van der Waals surface area contributed by atoms with Crippen LogP contribution in [0, 0.1) is 5.41 Å². The van der Waals surface area contributed by atoms with Gasteiger partial charge in [0.05, 0.1) is 5.41 Å². The van der Waals surface area contributed by atoms with Crippen molar-refractivity contribution in [1.29, 1.82) is 0 Å². The molecular formula is C14H20N4O2S. The fourth-order valence-corrected chi connectivity index (χ4v) is 3.51. The van der Waals surface area contributed by atoms with Gasteiger partial charge in [-0.15, -0.1) is 11.3 Å². The lowest BCUT2D eigenvalue weighted by molar-refractivity contribution is -0.162. The number of hydrogen-bond acceptors (Lipinski definition) is 4. The van der Waals surface area contributed by atoms with Crippen LogP contribution < -0.4 is 5.32 Å². The summed E-state index contributed by atoms with van der Waals surface area (Å²) in [5.41, 5.74) is -0.195. The molecule has 1 aromatic heterocycles. The Morgan fingerprint density at radius 1 is 1.43 bits per heavy atom. The minimum absolute atomic E-state index is 0.0985. The molecule has 7 heteroatoms. The van der Waals surface area contributed by atoms with Crippen LogP contribution >= 0.6 is 11.3 Å². The Balaban J connectivity index is 1.49. The van der Waals surface area contributed by atoms with Crippen molar-refractivity contribution >= 4 is 28.4 Å². The Labute approximate surface area is 128 Å². The third kappa shape index (κ3) is 2.74. The van der Waals surface area contributed by atoms with E-state index in [9.17, 15) is 9.59 Å². The fourth-order valence-electron chi connectivity index (χ4n) is 2.99. The second-order valence-electron chi connectivity index (χ2n) is 6.30. The zero-order chi connectivity index (χ0) is 15.0. The van der Waals surface area contributed by atoms with Gasteiger partial charge in [-0.3, -0.25) is 10.1 Å². The summed E-state index contributed by atoms with van der Waals surface area (Å²) in [6.45, 7) is 6.19.